The van der Waals surface area contributed by atoms with Gasteiger partial charge in [-0.3, -0.25) is 0 Å². The van der Waals surface area contributed by atoms with Gasteiger partial charge in [0.2, 0.25) is 0 Å². The summed E-state index contributed by atoms with van der Waals surface area (Å²) in [5.41, 5.74) is 11.1. The molecule has 0 bridgehead atoms. The zero-order valence-electron chi connectivity index (χ0n) is 6.49. The summed E-state index contributed by atoms with van der Waals surface area (Å²) in [5, 5.41) is 0. The Hall–Kier alpha value is -0.800. The quantitative estimate of drug-likeness (QED) is 0.680. The third kappa shape index (κ3) is 2.37. The molecule has 62 valence electrons. The summed E-state index contributed by atoms with van der Waals surface area (Å²) in [5.74, 6) is 0.846. The van der Waals surface area contributed by atoms with E-state index in [9.17, 15) is 0 Å². The standard InChI is InChI=1S/C8H14N2O/c9-5-1-3-7(10)8-4-2-6-11-8/h2,4,6-7H,1,3,5,9-10H2/t7-/m0/s1. The molecule has 0 unspecified atom stereocenters. The first-order valence-electron chi connectivity index (χ1n) is 3.83. The first-order chi connectivity index (χ1) is 5.34. The van der Waals surface area contributed by atoms with E-state index in [1.54, 1.807) is 6.26 Å². The molecule has 11 heavy (non-hydrogen) atoms. The van der Waals surface area contributed by atoms with Crippen LogP contribution < -0.4 is 11.5 Å². The van der Waals surface area contributed by atoms with E-state index in [4.69, 9.17) is 15.9 Å². The number of nitrogens with two attached hydrogens (primary N) is 2. The third-order valence-electron chi connectivity index (χ3n) is 1.63. The average Bonchev–Trinajstić information content (AvgIpc) is 2.52. The van der Waals surface area contributed by atoms with Gasteiger partial charge in [-0.15, -0.1) is 0 Å². The van der Waals surface area contributed by atoms with E-state index in [1.807, 2.05) is 12.1 Å². The van der Waals surface area contributed by atoms with Crippen LogP contribution in [0.25, 0.3) is 0 Å². The van der Waals surface area contributed by atoms with Gasteiger partial charge in [0, 0.05) is 0 Å². The molecule has 0 radical (unpaired) electrons. The molecule has 1 aromatic heterocycles. The Balaban J connectivity index is 2.36. The highest BCUT2D eigenvalue weighted by atomic mass is 16.3. The van der Waals surface area contributed by atoms with Gasteiger partial charge < -0.3 is 15.9 Å². The van der Waals surface area contributed by atoms with Crippen LogP contribution >= 0.6 is 0 Å². The molecular formula is C8H14N2O. The Bertz CT molecular complexity index is 184. The molecule has 1 aromatic rings. The summed E-state index contributed by atoms with van der Waals surface area (Å²) >= 11 is 0. The van der Waals surface area contributed by atoms with Gasteiger partial charge in [0.15, 0.2) is 0 Å². The molecule has 0 fully saturated rings. The van der Waals surface area contributed by atoms with Crippen LogP contribution in [-0.4, -0.2) is 6.54 Å². The molecule has 3 nitrogen and oxygen atoms in total. The summed E-state index contributed by atoms with van der Waals surface area (Å²) < 4.78 is 5.13. The van der Waals surface area contributed by atoms with E-state index in [2.05, 4.69) is 0 Å². The fraction of sp³-hybridized carbons (Fsp3) is 0.500. The lowest BCUT2D eigenvalue weighted by atomic mass is 10.1. The van der Waals surface area contributed by atoms with Crippen LogP contribution in [0.1, 0.15) is 24.6 Å². The monoisotopic (exact) mass is 154 g/mol. The Morgan fingerprint density at radius 2 is 2.36 bits per heavy atom. The van der Waals surface area contributed by atoms with Gasteiger partial charge in [0.05, 0.1) is 12.3 Å². The molecule has 0 aliphatic rings. The SMILES string of the molecule is NCCC[C@H](N)c1ccco1. The highest BCUT2D eigenvalue weighted by molar-refractivity contribution is 5.02. The second-order valence-electron chi connectivity index (χ2n) is 2.55. The Kier molecular flexibility index (Phi) is 3.14. The van der Waals surface area contributed by atoms with Crippen LogP contribution in [0.5, 0.6) is 0 Å². The number of furan rings is 1. The normalized spacial score (nSPS) is 13.3. The van der Waals surface area contributed by atoms with Crippen molar-refractivity contribution in [3.05, 3.63) is 24.2 Å². The van der Waals surface area contributed by atoms with Crippen LogP contribution in [-0.2, 0) is 0 Å². The fourth-order valence-electron chi connectivity index (χ4n) is 0.982. The summed E-state index contributed by atoms with van der Waals surface area (Å²) in [6.45, 7) is 0.689. The topological polar surface area (TPSA) is 65.2 Å². The van der Waals surface area contributed by atoms with Gasteiger partial charge in [-0.25, -0.2) is 0 Å². The van der Waals surface area contributed by atoms with Gasteiger partial charge in [-0.1, -0.05) is 0 Å². The second-order valence-corrected chi connectivity index (χ2v) is 2.55. The Labute approximate surface area is 66.4 Å². The van der Waals surface area contributed by atoms with Gasteiger partial charge in [0.1, 0.15) is 5.76 Å². The van der Waals surface area contributed by atoms with Crippen LogP contribution in [0.2, 0.25) is 0 Å². The molecule has 1 atom stereocenters. The third-order valence-corrected chi connectivity index (χ3v) is 1.63. The lowest BCUT2D eigenvalue weighted by molar-refractivity contribution is 0.447. The highest BCUT2D eigenvalue weighted by Crippen LogP contribution is 2.14. The molecule has 4 N–H and O–H groups in total. The summed E-state index contributed by atoms with van der Waals surface area (Å²) in [6.07, 6.45) is 3.48. The number of hydrogen-bond donors (Lipinski definition) is 2. The zero-order valence-corrected chi connectivity index (χ0v) is 6.49. The fourth-order valence-corrected chi connectivity index (χ4v) is 0.982. The average molecular weight is 154 g/mol. The van der Waals surface area contributed by atoms with Crippen molar-refractivity contribution in [1.82, 2.24) is 0 Å². The van der Waals surface area contributed by atoms with Gasteiger partial charge in [-0.2, -0.15) is 0 Å². The summed E-state index contributed by atoms with van der Waals surface area (Å²) in [7, 11) is 0. The lowest BCUT2D eigenvalue weighted by Crippen LogP contribution is -2.11. The summed E-state index contributed by atoms with van der Waals surface area (Å²) in [6, 6.07) is 3.74. The van der Waals surface area contributed by atoms with E-state index < -0.39 is 0 Å². The van der Waals surface area contributed by atoms with E-state index >= 15 is 0 Å². The highest BCUT2D eigenvalue weighted by Gasteiger charge is 2.06. The summed E-state index contributed by atoms with van der Waals surface area (Å²) in [4.78, 5) is 0. The molecule has 0 saturated carbocycles. The van der Waals surface area contributed by atoms with Crippen molar-refractivity contribution in [2.24, 2.45) is 11.5 Å². The van der Waals surface area contributed by atoms with Crippen molar-refractivity contribution >= 4 is 0 Å². The molecule has 0 saturated heterocycles. The Morgan fingerprint density at radius 1 is 1.55 bits per heavy atom. The molecule has 1 heterocycles. The van der Waals surface area contributed by atoms with Crippen molar-refractivity contribution in [2.45, 2.75) is 18.9 Å². The van der Waals surface area contributed by atoms with Gasteiger partial charge in [0.25, 0.3) is 0 Å². The minimum Gasteiger partial charge on any atom is -0.468 e. The number of hydrogen-bond acceptors (Lipinski definition) is 3. The maximum absolute atomic E-state index is 5.78. The van der Waals surface area contributed by atoms with Crippen LogP contribution in [0.3, 0.4) is 0 Å². The minimum atomic E-state index is 0.00792. The predicted octanol–water partition coefficient (Wildman–Crippen LogP) is 1.02. The van der Waals surface area contributed by atoms with Gasteiger partial charge in [-0.05, 0) is 31.5 Å². The van der Waals surface area contributed by atoms with Crippen LogP contribution in [0.15, 0.2) is 22.8 Å². The van der Waals surface area contributed by atoms with Crippen molar-refractivity contribution < 1.29 is 4.42 Å². The van der Waals surface area contributed by atoms with E-state index in [0.29, 0.717) is 6.54 Å². The molecule has 0 aliphatic carbocycles. The van der Waals surface area contributed by atoms with E-state index in [-0.39, 0.29) is 6.04 Å². The van der Waals surface area contributed by atoms with Crippen LogP contribution in [0, 0.1) is 0 Å². The molecular weight excluding hydrogens is 140 g/mol. The molecule has 0 amide bonds. The molecule has 0 aliphatic heterocycles. The zero-order chi connectivity index (χ0) is 8.10. The number of rotatable bonds is 4. The predicted molar refractivity (Wildman–Crippen MR) is 43.9 cm³/mol. The Morgan fingerprint density at radius 3 is 2.91 bits per heavy atom. The molecule has 0 spiro atoms. The maximum atomic E-state index is 5.78. The first kappa shape index (κ1) is 8.30. The van der Waals surface area contributed by atoms with Crippen molar-refractivity contribution in [3.8, 4) is 0 Å². The van der Waals surface area contributed by atoms with E-state index in [1.165, 1.54) is 0 Å². The van der Waals surface area contributed by atoms with Gasteiger partial charge >= 0.3 is 0 Å². The first-order valence-corrected chi connectivity index (χ1v) is 3.83. The molecule has 0 aromatic carbocycles. The molecule has 1 rings (SSSR count). The lowest BCUT2D eigenvalue weighted by Gasteiger charge is -2.06. The van der Waals surface area contributed by atoms with E-state index in [0.717, 1.165) is 18.6 Å². The second kappa shape index (κ2) is 4.16. The smallest absolute Gasteiger partial charge is 0.120 e. The van der Waals surface area contributed by atoms with Crippen molar-refractivity contribution in [1.29, 1.82) is 0 Å². The molecule has 3 heteroatoms. The minimum absolute atomic E-state index is 0.00792. The van der Waals surface area contributed by atoms with Crippen molar-refractivity contribution in [3.63, 3.8) is 0 Å². The van der Waals surface area contributed by atoms with Crippen LogP contribution in [0.4, 0.5) is 0 Å². The largest absolute Gasteiger partial charge is 0.468 e. The maximum Gasteiger partial charge on any atom is 0.120 e. The van der Waals surface area contributed by atoms with Crippen molar-refractivity contribution in [2.75, 3.05) is 6.54 Å².